The van der Waals surface area contributed by atoms with Crippen molar-refractivity contribution in [1.29, 1.82) is 0 Å². The van der Waals surface area contributed by atoms with Gasteiger partial charge in [-0.2, -0.15) is 0 Å². The molecule has 49 valence electrons. The van der Waals surface area contributed by atoms with Crippen molar-refractivity contribution in [3.8, 4) is 0 Å². The van der Waals surface area contributed by atoms with E-state index in [1.807, 2.05) is 19.8 Å². The van der Waals surface area contributed by atoms with Crippen molar-refractivity contribution in [3.63, 3.8) is 0 Å². The normalized spacial score (nSPS) is 13.8. The van der Waals surface area contributed by atoms with E-state index in [-0.39, 0.29) is 0 Å². The summed E-state index contributed by atoms with van der Waals surface area (Å²) >= 11 is 2.00. The third-order valence-electron chi connectivity index (χ3n) is 1.09. The Kier molecular flexibility index (Phi) is 6.25. The Morgan fingerprint density at radius 1 is 1.50 bits per heavy atom. The van der Waals surface area contributed by atoms with Crippen LogP contribution in [0, 0.1) is 0 Å². The molecule has 0 saturated carbocycles. The molecule has 0 aromatic carbocycles. The third kappa shape index (κ3) is 6.65. The van der Waals surface area contributed by atoms with Crippen molar-refractivity contribution >= 4 is 0 Å². The minimum atomic E-state index is 0.414. The van der Waals surface area contributed by atoms with E-state index in [0.717, 1.165) is 0 Å². The zero-order valence-corrected chi connectivity index (χ0v) is 7.40. The summed E-state index contributed by atoms with van der Waals surface area (Å²) < 4.78 is 0.414. The van der Waals surface area contributed by atoms with Gasteiger partial charge in [-0.05, 0) is 0 Å². The van der Waals surface area contributed by atoms with E-state index < -0.39 is 0 Å². The van der Waals surface area contributed by atoms with Crippen LogP contribution in [-0.4, -0.2) is 4.43 Å². The van der Waals surface area contributed by atoms with Crippen LogP contribution in [0.5, 0.6) is 0 Å². The average Bonchev–Trinajstić information content (AvgIpc) is 1.66. The first-order chi connectivity index (χ1) is 3.77. The van der Waals surface area contributed by atoms with Gasteiger partial charge in [0.25, 0.3) is 0 Å². The molecule has 0 fully saturated rings. The minimum absolute atomic E-state index is 0.414. The molecule has 2 heteroatoms. The Morgan fingerprint density at radius 2 is 2.12 bits per heavy atom. The van der Waals surface area contributed by atoms with Gasteiger partial charge in [-0.25, -0.2) is 0 Å². The van der Waals surface area contributed by atoms with Crippen LogP contribution in [0.2, 0.25) is 0 Å². The van der Waals surface area contributed by atoms with Crippen molar-refractivity contribution in [1.82, 2.24) is 0 Å². The van der Waals surface area contributed by atoms with Crippen molar-refractivity contribution < 1.29 is 19.8 Å². The van der Waals surface area contributed by atoms with Gasteiger partial charge in [0.1, 0.15) is 0 Å². The molecule has 0 saturated heterocycles. The molecule has 0 aromatic rings. The van der Waals surface area contributed by atoms with E-state index in [1.54, 1.807) is 0 Å². The fourth-order valence-corrected chi connectivity index (χ4v) is 1.01. The van der Waals surface area contributed by atoms with Gasteiger partial charge in [0.2, 0.25) is 0 Å². The Bertz CT molecular complexity index is 45.8. The molecule has 1 unspecified atom stereocenters. The molecule has 8 heavy (non-hydrogen) atoms. The molecular weight excluding hydrogens is 182 g/mol. The Labute approximate surface area is 62.9 Å². The maximum absolute atomic E-state index is 5.54. The van der Waals surface area contributed by atoms with E-state index in [1.165, 1.54) is 25.7 Å². The average molecular weight is 196 g/mol. The second kappa shape index (κ2) is 5.78. The zero-order valence-electron chi connectivity index (χ0n) is 5.39. The van der Waals surface area contributed by atoms with Crippen LogP contribution in [0.3, 0.4) is 0 Å². The van der Waals surface area contributed by atoms with Gasteiger partial charge < -0.3 is 0 Å². The molecule has 0 spiro atoms. The number of nitrogens with two attached hydrogens (primary N) is 1. The summed E-state index contributed by atoms with van der Waals surface area (Å²) in [5.74, 6) is 0. The van der Waals surface area contributed by atoms with Gasteiger partial charge >= 0.3 is 62.6 Å². The van der Waals surface area contributed by atoms with Gasteiger partial charge in [-0.15, -0.1) is 0 Å². The van der Waals surface area contributed by atoms with Crippen LogP contribution < -0.4 is 5.73 Å². The molecule has 0 aliphatic carbocycles. The molecule has 2 N–H and O–H groups in total. The van der Waals surface area contributed by atoms with E-state index in [4.69, 9.17) is 5.73 Å². The molecule has 0 rings (SSSR count). The third-order valence-corrected chi connectivity index (χ3v) is 1.67. The summed E-state index contributed by atoms with van der Waals surface area (Å²) in [6, 6.07) is 0. The molecular formula is C6H14MoN. The molecule has 1 nitrogen and oxygen atoms in total. The van der Waals surface area contributed by atoms with Crippen LogP contribution in [0.4, 0.5) is 0 Å². The van der Waals surface area contributed by atoms with Crippen molar-refractivity contribution in [2.24, 2.45) is 5.73 Å². The van der Waals surface area contributed by atoms with Gasteiger partial charge in [0, 0.05) is 0 Å². The first-order valence-corrected chi connectivity index (χ1v) is 4.34. The molecule has 0 aliphatic heterocycles. The second-order valence-corrected chi connectivity index (χ2v) is 3.52. The first kappa shape index (κ1) is 8.65. The maximum atomic E-state index is 5.54. The standard InChI is InChI=1S/C6H14N.Mo/c1-2-3-4-5-6-7;/h6H,2-5,7H2,1H3;. The van der Waals surface area contributed by atoms with Gasteiger partial charge in [0.05, 0.1) is 0 Å². The number of hydrogen-bond acceptors (Lipinski definition) is 1. The SMILES string of the molecule is CCCCC[CH](N)[Mo]. The fourth-order valence-electron chi connectivity index (χ4n) is 0.596. The number of rotatable bonds is 4. The monoisotopic (exact) mass is 198 g/mol. The Hall–Kier alpha value is 0.648. The quantitative estimate of drug-likeness (QED) is 0.533. The van der Waals surface area contributed by atoms with E-state index >= 15 is 0 Å². The molecule has 0 heterocycles. The zero-order chi connectivity index (χ0) is 6.41. The van der Waals surface area contributed by atoms with Gasteiger partial charge in [-0.3, -0.25) is 0 Å². The fraction of sp³-hybridized carbons (Fsp3) is 1.00. The summed E-state index contributed by atoms with van der Waals surface area (Å²) in [7, 11) is 0. The van der Waals surface area contributed by atoms with Gasteiger partial charge in [-0.1, -0.05) is 0 Å². The van der Waals surface area contributed by atoms with Gasteiger partial charge in [0.15, 0.2) is 0 Å². The number of unbranched alkanes of at least 4 members (excludes halogenated alkanes) is 2. The van der Waals surface area contributed by atoms with Crippen molar-refractivity contribution in [3.05, 3.63) is 0 Å². The summed E-state index contributed by atoms with van der Waals surface area (Å²) in [6.45, 7) is 2.21. The topological polar surface area (TPSA) is 26.0 Å². The summed E-state index contributed by atoms with van der Waals surface area (Å²) in [5.41, 5.74) is 5.54. The summed E-state index contributed by atoms with van der Waals surface area (Å²) in [5, 5.41) is 0. The van der Waals surface area contributed by atoms with Crippen LogP contribution >= 0.6 is 0 Å². The summed E-state index contributed by atoms with van der Waals surface area (Å²) in [6.07, 6.45) is 5.13. The van der Waals surface area contributed by atoms with Crippen molar-refractivity contribution in [2.75, 3.05) is 0 Å². The second-order valence-electron chi connectivity index (χ2n) is 2.03. The molecule has 0 bridgehead atoms. The molecule has 0 aliphatic rings. The Morgan fingerprint density at radius 3 is 2.50 bits per heavy atom. The summed E-state index contributed by atoms with van der Waals surface area (Å²) in [4.78, 5) is 0. The molecule has 0 radical (unpaired) electrons. The van der Waals surface area contributed by atoms with E-state index in [9.17, 15) is 0 Å². The van der Waals surface area contributed by atoms with Crippen LogP contribution in [0.25, 0.3) is 0 Å². The van der Waals surface area contributed by atoms with E-state index in [0.29, 0.717) is 4.43 Å². The van der Waals surface area contributed by atoms with E-state index in [2.05, 4.69) is 6.92 Å². The predicted octanol–water partition coefficient (Wildman–Crippen LogP) is 1.40. The Balaban J connectivity index is 2.72. The number of hydrogen-bond donors (Lipinski definition) is 1. The van der Waals surface area contributed by atoms with Crippen LogP contribution in [0.15, 0.2) is 0 Å². The first-order valence-electron chi connectivity index (χ1n) is 3.18. The van der Waals surface area contributed by atoms with Crippen molar-refractivity contribution in [2.45, 2.75) is 37.0 Å². The molecule has 0 aromatic heterocycles. The van der Waals surface area contributed by atoms with Crippen LogP contribution in [-0.2, 0) is 19.8 Å². The van der Waals surface area contributed by atoms with Crippen LogP contribution in [0.1, 0.15) is 32.6 Å². The predicted molar refractivity (Wildman–Crippen MR) is 32.1 cm³/mol. The molecule has 0 amide bonds. The molecule has 1 atom stereocenters.